The van der Waals surface area contributed by atoms with Crippen LogP contribution in [0.4, 0.5) is 4.39 Å². The van der Waals surface area contributed by atoms with Crippen LogP contribution in [0.15, 0.2) is 12.1 Å². The molecule has 4 heteroatoms. The average molecular weight is 210 g/mol. The summed E-state index contributed by atoms with van der Waals surface area (Å²) in [5.41, 5.74) is 0.0870. The van der Waals surface area contributed by atoms with Gasteiger partial charge in [-0.25, -0.2) is 4.39 Å². The second-order valence-electron chi connectivity index (χ2n) is 2.98. The van der Waals surface area contributed by atoms with Gasteiger partial charge in [-0.05, 0) is 19.9 Å². The fourth-order valence-corrected chi connectivity index (χ4v) is 1.21. The van der Waals surface area contributed by atoms with Crippen LogP contribution >= 0.6 is 0 Å². The molecule has 0 fully saturated rings. The van der Waals surface area contributed by atoms with Crippen molar-refractivity contribution in [2.24, 2.45) is 0 Å². The molecule has 3 nitrogen and oxygen atoms in total. The van der Waals surface area contributed by atoms with Gasteiger partial charge in [-0.1, -0.05) is 0 Å². The van der Waals surface area contributed by atoms with Gasteiger partial charge in [-0.3, -0.25) is 9.59 Å². The van der Waals surface area contributed by atoms with Crippen molar-refractivity contribution in [1.29, 1.82) is 0 Å². The third-order valence-electron chi connectivity index (χ3n) is 1.91. The lowest BCUT2D eigenvalue weighted by molar-refractivity contribution is 0.101. The zero-order valence-electron chi connectivity index (χ0n) is 8.54. The lowest BCUT2D eigenvalue weighted by atomic mass is 10.1. The molecule has 0 atom stereocenters. The number of Topliss-reactive ketones (excluding diaryl/α,β-unsaturated/α-hetero) is 1. The zero-order valence-corrected chi connectivity index (χ0v) is 8.54. The molecule has 0 amide bonds. The highest BCUT2D eigenvalue weighted by Gasteiger charge is 2.13. The molecule has 80 valence electrons. The summed E-state index contributed by atoms with van der Waals surface area (Å²) in [6.07, 6.45) is 0.539. The second kappa shape index (κ2) is 4.68. The smallest absolute Gasteiger partial charge is 0.162 e. The van der Waals surface area contributed by atoms with Crippen molar-refractivity contribution in [3.05, 3.63) is 29.1 Å². The summed E-state index contributed by atoms with van der Waals surface area (Å²) >= 11 is 0. The van der Waals surface area contributed by atoms with Gasteiger partial charge in [-0.15, -0.1) is 0 Å². The fraction of sp³-hybridized carbons (Fsp3) is 0.273. The number of aldehydes is 1. The van der Waals surface area contributed by atoms with E-state index in [2.05, 4.69) is 0 Å². The quantitative estimate of drug-likeness (QED) is 0.565. The van der Waals surface area contributed by atoms with E-state index in [0.717, 1.165) is 6.07 Å². The molecule has 0 aromatic heterocycles. The molecule has 0 N–H and O–H groups in total. The summed E-state index contributed by atoms with van der Waals surface area (Å²) in [6.45, 7) is 3.30. The van der Waals surface area contributed by atoms with E-state index < -0.39 is 11.6 Å². The Hall–Kier alpha value is -1.71. The van der Waals surface area contributed by atoms with Gasteiger partial charge in [-0.2, -0.15) is 0 Å². The molecule has 0 spiro atoms. The number of carbonyl (C=O) groups is 2. The fourth-order valence-electron chi connectivity index (χ4n) is 1.21. The molecule has 0 bridgehead atoms. The first-order valence-electron chi connectivity index (χ1n) is 4.52. The van der Waals surface area contributed by atoms with Gasteiger partial charge in [0, 0.05) is 6.07 Å². The van der Waals surface area contributed by atoms with Crippen molar-refractivity contribution >= 4 is 12.1 Å². The molecule has 0 saturated carbocycles. The summed E-state index contributed by atoms with van der Waals surface area (Å²) in [7, 11) is 0. The number of rotatable bonds is 4. The van der Waals surface area contributed by atoms with Crippen LogP contribution in [0.2, 0.25) is 0 Å². The van der Waals surface area contributed by atoms with Gasteiger partial charge in [0.25, 0.3) is 0 Å². The largest absolute Gasteiger partial charge is 0.493 e. The SMILES string of the molecule is CCOc1cc(F)c(C(C)=O)cc1C=O. The molecule has 0 saturated heterocycles. The molecular formula is C11H11FO3. The Morgan fingerprint density at radius 3 is 2.67 bits per heavy atom. The molecular weight excluding hydrogens is 199 g/mol. The van der Waals surface area contributed by atoms with Gasteiger partial charge >= 0.3 is 0 Å². The Kier molecular flexibility index (Phi) is 3.55. The normalized spacial score (nSPS) is 9.80. The van der Waals surface area contributed by atoms with Crippen LogP contribution in [0.5, 0.6) is 5.75 Å². The van der Waals surface area contributed by atoms with Crippen molar-refractivity contribution in [3.8, 4) is 5.75 Å². The molecule has 0 heterocycles. The molecule has 0 radical (unpaired) electrons. The van der Waals surface area contributed by atoms with Crippen molar-refractivity contribution in [2.75, 3.05) is 6.61 Å². The summed E-state index contributed by atoms with van der Waals surface area (Å²) in [4.78, 5) is 21.7. The third kappa shape index (κ3) is 2.40. The maximum absolute atomic E-state index is 13.3. The Labute approximate surface area is 86.9 Å². The van der Waals surface area contributed by atoms with Crippen LogP contribution in [0, 0.1) is 5.82 Å². The maximum Gasteiger partial charge on any atom is 0.162 e. The highest BCUT2D eigenvalue weighted by molar-refractivity contribution is 5.96. The topological polar surface area (TPSA) is 43.4 Å². The number of ketones is 1. The van der Waals surface area contributed by atoms with E-state index in [1.54, 1.807) is 6.92 Å². The average Bonchev–Trinajstić information content (AvgIpc) is 2.18. The van der Waals surface area contributed by atoms with Crippen molar-refractivity contribution < 1.29 is 18.7 Å². The van der Waals surface area contributed by atoms with E-state index in [-0.39, 0.29) is 16.9 Å². The van der Waals surface area contributed by atoms with Gasteiger partial charge in [0.1, 0.15) is 11.6 Å². The van der Waals surface area contributed by atoms with Gasteiger partial charge in [0.15, 0.2) is 12.1 Å². The van der Waals surface area contributed by atoms with Crippen molar-refractivity contribution in [1.82, 2.24) is 0 Å². The van der Waals surface area contributed by atoms with Crippen molar-refractivity contribution in [2.45, 2.75) is 13.8 Å². The molecule has 0 aliphatic carbocycles. The molecule has 0 aliphatic rings. The summed E-state index contributed by atoms with van der Waals surface area (Å²) in [6, 6.07) is 2.26. The lowest BCUT2D eigenvalue weighted by Gasteiger charge is -2.07. The predicted molar refractivity (Wildman–Crippen MR) is 53.0 cm³/mol. The third-order valence-corrected chi connectivity index (χ3v) is 1.91. The Balaban J connectivity index is 3.28. The number of carbonyl (C=O) groups excluding carboxylic acids is 2. The van der Waals surface area contributed by atoms with E-state index in [0.29, 0.717) is 12.9 Å². The van der Waals surface area contributed by atoms with E-state index >= 15 is 0 Å². The van der Waals surface area contributed by atoms with E-state index in [4.69, 9.17) is 4.74 Å². The van der Waals surface area contributed by atoms with Crippen LogP contribution in [0.3, 0.4) is 0 Å². The first-order chi connectivity index (χ1) is 7.10. The molecule has 0 unspecified atom stereocenters. The monoisotopic (exact) mass is 210 g/mol. The number of ether oxygens (including phenoxy) is 1. The summed E-state index contributed by atoms with van der Waals surface area (Å²) < 4.78 is 18.4. The van der Waals surface area contributed by atoms with E-state index in [9.17, 15) is 14.0 Å². The number of benzene rings is 1. The summed E-state index contributed by atoms with van der Waals surface area (Å²) in [5.74, 6) is -0.926. The van der Waals surface area contributed by atoms with Crippen molar-refractivity contribution in [3.63, 3.8) is 0 Å². The van der Waals surface area contributed by atoms with Crippen LogP contribution in [0.25, 0.3) is 0 Å². The zero-order chi connectivity index (χ0) is 11.4. The van der Waals surface area contributed by atoms with Crippen LogP contribution in [-0.2, 0) is 0 Å². The first kappa shape index (κ1) is 11.4. The predicted octanol–water partition coefficient (Wildman–Crippen LogP) is 2.24. The van der Waals surface area contributed by atoms with Crippen LogP contribution in [-0.4, -0.2) is 18.7 Å². The minimum absolute atomic E-state index is 0.0967. The lowest BCUT2D eigenvalue weighted by Crippen LogP contribution is -2.03. The molecule has 1 rings (SSSR count). The Morgan fingerprint density at radius 2 is 2.20 bits per heavy atom. The molecule has 15 heavy (non-hydrogen) atoms. The first-order valence-corrected chi connectivity index (χ1v) is 4.52. The Bertz CT molecular complexity index is 399. The highest BCUT2D eigenvalue weighted by atomic mass is 19.1. The van der Waals surface area contributed by atoms with Gasteiger partial charge in [0.05, 0.1) is 17.7 Å². The molecule has 0 aliphatic heterocycles. The van der Waals surface area contributed by atoms with Gasteiger partial charge < -0.3 is 4.74 Å². The number of halogens is 1. The highest BCUT2D eigenvalue weighted by Crippen LogP contribution is 2.22. The minimum Gasteiger partial charge on any atom is -0.493 e. The number of hydrogen-bond acceptors (Lipinski definition) is 3. The number of hydrogen-bond donors (Lipinski definition) is 0. The Morgan fingerprint density at radius 1 is 1.53 bits per heavy atom. The minimum atomic E-state index is -0.670. The van der Waals surface area contributed by atoms with Gasteiger partial charge in [0.2, 0.25) is 0 Å². The van der Waals surface area contributed by atoms with E-state index in [1.807, 2.05) is 0 Å². The molecule has 1 aromatic carbocycles. The van der Waals surface area contributed by atoms with E-state index in [1.165, 1.54) is 13.0 Å². The second-order valence-corrected chi connectivity index (χ2v) is 2.98. The van der Waals surface area contributed by atoms with Crippen LogP contribution < -0.4 is 4.74 Å². The maximum atomic E-state index is 13.3. The molecule has 1 aromatic rings. The summed E-state index contributed by atoms with van der Waals surface area (Å²) in [5, 5.41) is 0. The standard InChI is InChI=1S/C11H11FO3/c1-3-15-11-5-10(12)9(7(2)14)4-8(11)6-13/h4-6H,3H2,1-2H3. The van der Waals surface area contributed by atoms with Crippen LogP contribution in [0.1, 0.15) is 34.6 Å².